The molecule has 2 aromatic carbocycles. The zero-order valence-electron chi connectivity index (χ0n) is 22.8. The minimum Gasteiger partial charge on any atom is -0.493 e. The molecule has 1 aromatic heterocycles. The topological polar surface area (TPSA) is 173 Å². The molecule has 41 heavy (non-hydrogen) atoms. The highest BCUT2D eigenvalue weighted by Crippen LogP contribution is 2.36. The van der Waals surface area contributed by atoms with E-state index in [1.54, 1.807) is 19.1 Å². The molecule has 0 unspecified atom stereocenters. The van der Waals surface area contributed by atoms with Crippen LogP contribution in [0.4, 0.5) is 0 Å². The smallest absolute Gasteiger partial charge is 0.340 e. The summed E-state index contributed by atoms with van der Waals surface area (Å²) in [7, 11) is 2.88. The van der Waals surface area contributed by atoms with Gasteiger partial charge < -0.3 is 34.9 Å². The van der Waals surface area contributed by atoms with Gasteiger partial charge in [0, 0.05) is 16.9 Å². The van der Waals surface area contributed by atoms with Crippen LogP contribution < -0.4 is 31.0 Å². The van der Waals surface area contributed by atoms with Crippen LogP contribution in [0, 0.1) is 6.92 Å². The molecule has 3 amide bonds. The number of nitrogens with one attached hydrogen (secondary N) is 3. The number of methoxy groups -OCH3 is 2. The van der Waals surface area contributed by atoms with E-state index in [0.29, 0.717) is 22.5 Å². The van der Waals surface area contributed by atoms with E-state index in [9.17, 15) is 24.0 Å². The summed E-state index contributed by atoms with van der Waals surface area (Å²) in [6, 6.07) is 11.8. The van der Waals surface area contributed by atoms with Crippen LogP contribution in [-0.2, 0) is 31.4 Å². The van der Waals surface area contributed by atoms with Crippen molar-refractivity contribution < 1.29 is 38.2 Å². The molecule has 4 N–H and O–H groups in total. The molecular weight excluding hydrogens is 554 g/mol. The third-order valence-corrected chi connectivity index (χ3v) is 7.15. The van der Waals surface area contributed by atoms with Gasteiger partial charge >= 0.3 is 11.6 Å². The van der Waals surface area contributed by atoms with E-state index in [1.165, 1.54) is 26.0 Å². The van der Waals surface area contributed by atoms with Gasteiger partial charge in [0.2, 0.25) is 23.5 Å². The van der Waals surface area contributed by atoms with E-state index < -0.39 is 48.4 Å². The Morgan fingerprint density at radius 1 is 0.976 bits per heavy atom. The number of aliphatic carboxylic acids is 1. The van der Waals surface area contributed by atoms with Crippen molar-refractivity contribution in [2.24, 2.45) is 0 Å². The van der Waals surface area contributed by atoms with Gasteiger partial charge in [0.05, 0.1) is 32.7 Å². The maximum absolute atomic E-state index is 13.1. The zero-order chi connectivity index (χ0) is 29.9. The molecule has 0 fully saturated rings. The van der Waals surface area contributed by atoms with Crippen LogP contribution in [0.15, 0.2) is 51.7 Å². The summed E-state index contributed by atoms with van der Waals surface area (Å²) in [6.07, 6.45) is -0.356. The molecule has 218 valence electrons. The molecule has 1 heterocycles. The zero-order valence-corrected chi connectivity index (χ0v) is 23.6. The highest BCUT2D eigenvalue weighted by molar-refractivity contribution is 7.98. The second kappa shape index (κ2) is 14.7. The molecule has 0 aliphatic heterocycles. The van der Waals surface area contributed by atoms with Crippen molar-refractivity contribution >= 4 is 46.4 Å². The van der Waals surface area contributed by atoms with Crippen LogP contribution in [0.2, 0.25) is 0 Å². The molecule has 0 bridgehead atoms. The number of fused-ring (bicyclic) bond motifs is 1. The maximum Gasteiger partial charge on any atom is 0.340 e. The van der Waals surface area contributed by atoms with Gasteiger partial charge in [0.25, 0.3) is 0 Å². The molecule has 0 aliphatic rings. The number of thioether (sulfide) groups is 1. The summed E-state index contributed by atoms with van der Waals surface area (Å²) in [5.41, 5.74) is 1.11. The largest absolute Gasteiger partial charge is 0.493 e. The summed E-state index contributed by atoms with van der Waals surface area (Å²) in [5, 5.41) is 16.5. The Balaban J connectivity index is 1.75. The van der Waals surface area contributed by atoms with Crippen LogP contribution in [0.3, 0.4) is 0 Å². The summed E-state index contributed by atoms with van der Waals surface area (Å²) in [5.74, 6) is -1.78. The lowest BCUT2D eigenvalue weighted by Gasteiger charge is -2.19. The molecule has 0 aliphatic carbocycles. The predicted octanol–water partition coefficient (Wildman–Crippen LogP) is 1.40. The standard InChI is InChI=1S/C28H31N3O9S/c1-16-18-9-10-21(38-2)26(39-3)25(18)40-28(37)19(16)11-22(32)31-20(15-41-14-17-7-5-4-6-8-17)27(36)30-12-23(33)29-13-24(34)35/h4-10,20H,11-15H2,1-3H3,(H,29,33)(H,30,36)(H,31,32)(H,34,35)/t20-/m0/s1. The minimum atomic E-state index is -1.22. The number of carbonyl (C=O) groups is 4. The molecule has 0 radical (unpaired) electrons. The van der Waals surface area contributed by atoms with Gasteiger partial charge in [-0.1, -0.05) is 30.3 Å². The molecule has 0 saturated heterocycles. The van der Waals surface area contributed by atoms with Crippen molar-refractivity contribution in [2.45, 2.75) is 25.1 Å². The summed E-state index contributed by atoms with van der Waals surface area (Å²) in [4.78, 5) is 61.4. The van der Waals surface area contributed by atoms with E-state index in [4.69, 9.17) is 19.0 Å². The van der Waals surface area contributed by atoms with Gasteiger partial charge in [-0.25, -0.2) is 4.79 Å². The van der Waals surface area contributed by atoms with Gasteiger partial charge in [0.15, 0.2) is 11.3 Å². The van der Waals surface area contributed by atoms with Crippen LogP contribution in [0.25, 0.3) is 11.0 Å². The number of carboxylic acids is 1. The first-order valence-electron chi connectivity index (χ1n) is 12.5. The number of rotatable bonds is 14. The Bertz CT molecular complexity index is 1470. The fraction of sp³-hybridized carbons (Fsp3) is 0.321. The molecule has 1 atom stereocenters. The fourth-order valence-electron chi connectivity index (χ4n) is 3.95. The Labute approximate surface area is 239 Å². The SMILES string of the molecule is COc1ccc2c(C)c(CC(=O)N[C@@H](CSCc3ccccc3)C(=O)NCC(=O)NCC(=O)O)c(=O)oc2c1OC. The van der Waals surface area contributed by atoms with E-state index in [0.717, 1.165) is 5.56 Å². The lowest BCUT2D eigenvalue weighted by Crippen LogP contribution is -2.51. The van der Waals surface area contributed by atoms with Crippen LogP contribution >= 0.6 is 11.8 Å². The van der Waals surface area contributed by atoms with Crippen LogP contribution in [-0.4, -0.2) is 67.9 Å². The van der Waals surface area contributed by atoms with Crippen molar-refractivity contribution in [1.29, 1.82) is 0 Å². The van der Waals surface area contributed by atoms with Gasteiger partial charge in [-0.05, 0) is 30.2 Å². The molecule has 3 aromatic rings. The Morgan fingerprint density at radius 3 is 2.37 bits per heavy atom. The second-order valence-corrected chi connectivity index (χ2v) is 9.89. The molecule has 0 saturated carbocycles. The van der Waals surface area contributed by atoms with E-state index in [1.807, 2.05) is 30.3 Å². The van der Waals surface area contributed by atoms with Gasteiger partial charge in [-0.3, -0.25) is 19.2 Å². The number of aryl methyl sites for hydroxylation is 1. The maximum atomic E-state index is 13.1. The Hall–Kier alpha value is -4.52. The molecule has 12 nitrogen and oxygen atoms in total. The van der Waals surface area contributed by atoms with E-state index >= 15 is 0 Å². The molecule has 3 rings (SSSR count). The first-order valence-corrected chi connectivity index (χ1v) is 13.6. The summed E-state index contributed by atoms with van der Waals surface area (Å²) >= 11 is 1.40. The number of amides is 3. The third kappa shape index (κ3) is 8.48. The number of ether oxygens (including phenoxy) is 2. The van der Waals surface area contributed by atoms with Crippen LogP contribution in [0.5, 0.6) is 11.5 Å². The third-order valence-electron chi connectivity index (χ3n) is 6.04. The number of hydrogen-bond acceptors (Lipinski definition) is 9. The van der Waals surface area contributed by atoms with Gasteiger partial charge in [-0.2, -0.15) is 11.8 Å². The van der Waals surface area contributed by atoms with E-state index in [-0.39, 0.29) is 29.1 Å². The first kappa shape index (κ1) is 31.0. The van der Waals surface area contributed by atoms with Crippen molar-refractivity contribution in [1.82, 2.24) is 16.0 Å². The number of benzene rings is 2. The fourth-order valence-corrected chi connectivity index (χ4v) is 4.97. The minimum absolute atomic E-state index is 0.117. The summed E-state index contributed by atoms with van der Waals surface area (Å²) < 4.78 is 16.1. The Morgan fingerprint density at radius 2 is 1.71 bits per heavy atom. The van der Waals surface area contributed by atoms with Gasteiger partial charge in [-0.15, -0.1) is 0 Å². The lowest BCUT2D eigenvalue weighted by atomic mass is 10.0. The average molecular weight is 586 g/mol. The normalized spacial score (nSPS) is 11.4. The highest BCUT2D eigenvalue weighted by Gasteiger charge is 2.24. The average Bonchev–Trinajstić information content (AvgIpc) is 2.96. The van der Waals surface area contributed by atoms with Crippen molar-refractivity contribution in [3.05, 3.63) is 69.6 Å². The molecule has 13 heteroatoms. The summed E-state index contributed by atoms with van der Waals surface area (Å²) in [6.45, 7) is 0.623. The number of hydrogen-bond donors (Lipinski definition) is 4. The lowest BCUT2D eigenvalue weighted by molar-refractivity contribution is -0.138. The predicted molar refractivity (Wildman–Crippen MR) is 152 cm³/mol. The van der Waals surface area contributed by atoms with Crippen molar-refractivity contribution in [3.63, 3.8) is 0 Å². The van der Waals surface area contributed by atoms with Gasteiger partial charge in [0.1, 0.15) is 12.6 Å². The van der Waals surface area contributed by atoms with E-state index in [2.05, 4.69) is 16.0 Å². The number of carbonyl (C=O) groups excluding carboxylic acids is 3. The monoisotopic (exact) mass is 585 g/mol. The number of carboxylic acid groups (broad SMARTS) is 1. The second-order valence-electron chi connectivity index (χ2n) is 8.86. The molecular formula is C28H31N3O9S. The molecule has 0 spiro atoms. The van der Waals surface area contributed by atoms with Crippen LogP contribution in [0.1, 0.15) is 16.7 Å². The van der Waals surface area contributed by atoms with Crippen molar-refractivity contribution in [2.75, 3.05) is 33.1 Å². The quantitative estimate of drug-likeness (QED) is 0.203. The highest BCUT2D eigenvalue weighted by atomic mass is 32.2. The first-order chi connectivity index (χ1) is 19.6. The van der Waals surface area contributed by atoms with Crippen molar-refractivity contribution in [3.8, 4) is 11.5 Å². The Kier molecular flexibility index (Phi) is 11.2.